The topological polar surface area (TPSA) is 71.3 Å². The van der Waals surface area contributed by atoms with Gasteiger partial charge in [-0.1, -0.05) is 40.9 Å². The number of nitrogens with zero attached hydrogens (tertiary/aromatic N) is 1. The number of aromatic hydroxyl groups is 1. The number of carbonyl (C=O) groups is 1. The molecule has 1 aromatic carbocycles. The molecule has 0 aliphatic rings. The Morgan fingerprint density at radius 1 is 1.24 bits per heavy atom. The zero-order valence-corrected chi connectivity index (χ0v) is 12.7. The van der Waals surface area contributed by atoms with E-state index >= 15 is 0 Å². The molecule has 5 nitrogen and oxygen atoms in total. The van der Waals surface area contributed by atoms with Gasteiger partial charge in [0.25, 0.3) is 5.56 Å². The van der Waals surface area contributed by atoms with Gasteiger partial charge in [0.2, 0.25) is 5.91 Å². The van der Waals surface area contributed by atoms with Gasteiger partial charge in [-0.25, -0.2) is 0 Å². The SMILES string of the molecule is O=C(Cn1ccccc1=O)Nc1c(O)c(Cl)cc(Cl)c1Cl. The number of halogens is 3. The summed E-state index contributed by atoms with van der Waals surface area (Å²) < 4.78 is 1.20. The summed E-state index contributed by atoms with van der Waals surface area (Å²) in [5.41, 5.74) is -0.421. The van der Waals surface area contributed by atoms with Crippen molar-refractivity contribution in [1.29, 1.82) is 0 Å². The second kappa shape index (κ2) is 6.39. The number of phenolic OH excluding ortho intramolecular Hbond substituents is 1. The van der Waals surface area contributed by atoms with Gasteiger partial charge < -0.3 is 15.0 Å². The van der Waals surface area contributed by atoms with E-state index in [0.717, 1.165) is 0 Å². The van der Waals surface area contributed by atoms with Crippen LogP contribution in [0.2, 0.25) is 15.1 Å². The summed E-state index contributed by atoms with van der Waals surface area (Å²) >= 11 is 17.5. The molecule has 0 fully saturated rings. The lowest BCUT2D eigenvalue weighted by atomic mass is 10.3. The van der Waals surface area contributed by atoms with Gasteiger partial charge in [0, 0.05) is 12.3 Å². The fourth-order valence-corrected chi connectivity index (χ4v) is 2.28. The number of carbonyl (C=O) groups excluding carboxylic acids is 1. The summed E-state index contributed by atoms with van der Waals surface area (Å²) in [5.74, 6) is -0.946. The molecule has 2 N–H and O–H groups in total. The number of hydrogen-bond donors (Lipinski definition) is 2. The highest BCUT2D eigenvalue weighted by Gasteiger charge is 2.17. The van der Waals surface area contributed by atoms with Crippen LogP contribution in [0.5, 0.6) is 5.75 Å². The van der Waals surface area contributed by atoms with Crippen LogP contribution in [0.3, 0.4) is 0 Å². The molecule has 2 rings (SSSR count). The molecule has 0 saturated heterocycles. The van der Waals surface area contributed by atoms with E-state index < -0.39 is 5.91 Å². The maximum atomic E-state index is 11.9. The van der Waals surface area contributed by atoms with Gasteiger partial charge in [-0.15, -0.1) is 0 Å². The summed E-state index contributed by atoms with van der Waals surface area (Å²) in [6, 6.07) is 5.78. The smallest absolute Gasteiger partial charge is 0.250 e. The molecule has 0 aliphatic carbocycles. The van der Waals surface area contributed by atoms with Gasteiger partial charge in [-0.3, -0.25) is 9.59 Å². The first-order valence-corrected chi connectivity index (χ1v) is 6.85. The van der Waals surface area contributed by atoms with E-state index in [9.17, 15) is 14.7 Å². The summed E-state index contributed by atoms with van der Waals surface area (Å²) in [5, 5.41) is 12.2. The number of pyridine rings is 1. The van der Waals surface area contributed by atoms with Crippen molar-refractivity contribution in [1.82, 2.24) is 4.57 Å². The highest BCUT2D eigenvalue weighted by molar-refractivity contribution is 6.46. The summed E-state index contributed by atoms with van der Waals surface area (Å²) in [7, 11) is 0. The second-order valence-electron chi connectivity index (χ2n) is 4.09. The number of benzene rings is 1. The summed E-state index contributed by atoms with van der Waals surface area (Å²) in [6.07, 6.45) is 1.47. The van der Waals surface area contributed by atoms with Crippen LogP contribution in [0.25, 0.3) is 0 Å². The molecule has 0 aliphatic heterocycles. The van der Waals surface area contributed by atoms with Crippen LogP contribution >= 0.6 is 34.8 Å². The fourth-order valence-electron chi connectivity index (χ4n) is 1.62. The maximum absolute atomic E-state index is 11.9. The molecule has 1 amide bonds. The zero-order valence-electron chi connectivity index (χ0n) is 10.4. The van der Waals surface area contributed by atoms with Crippen LogP contribution in [-0.2, 0) is 11.3 Å². The summed E-state index contributed by atoms with van der Waals surface area (Å²) in [4.78, 5) is 23.4. The molecule has 110 valence electrons. The van der Waals surface area contributed by atoms with Gasteiger partial charge in [-0.2, -0.15) is 0 Å². The highest BCUT2D eigenvalue weighted by Crippen LogP contribution is 2.42. The molecule has 1 aromatic heterocycles. The second-order valence-corrected chi connectivity index (χ2v) is 5.29. The monoisotopic (exact) mass is 346 g/mol. The number of amides is 1. The van der Waals surface area contributed by atoms with Crippen molar-refractivity contribution in [2.75, 3.05) is 5.32 Å². The Bertz CT molecular complexity index is 733. The number of nitrogens with one attached hydrogen (secondary N) is 1. The minimum Gasteiger partial charge on any atom is -0.504 e. The van der Waals surface area contributed by atoms with Crippen LogP contribution < -0.4 is 10.9 Å². The summed E-state index contributed by atoms with van der Waals surface area (Å²) in [6.45, 7) is -0.237. The third-order valence-corrected chi connectivity index (χ3v) is 3.70. The van der Waals surface area contributed by atoms with Crippen LogP contribution in [0, 0.1) is 0 Å². The number of rotatable bonds is 3. The number of hydrogen-bond acceptors (Lipinski definition) is 3. The Morgan fingerprint density at radius 3 is 2.62 bits per heavy atom. The molecule has 0 unspecified atom stereocenters. The number of phenols is 1. The lowest BCUT2D eigenvalue weighted by Crippen LogP contribution is -2.26. The zero-order chi connectivity index (χ0) is 15.6. The molecule has 1 heterocycles. The van der Waals surface area contributed by atoms with E-state index in [1.54, 1.807) is 12.1 Å². The van der Waals surface area contributed by atoms with Crippen molar-refractivity contribution in [2.45, 2.75) is 6.54 Å². The maximum Gasteiger partial charge on any atom is 0.250 e. The first-order valence-electron chi connectivity index (χ1n) is 5.72. The van der Waals surface area contributed by atoms with Crippen LogP contribution in [0.4, 0.5) is 5.69 Å². The molecular weight excluding hydrogens is 339 g/mol. The van der Waals surface area contributed by atoms with E-state index in [4.69, 9.17) is 34.8 Å². The molecule has 2 aromatic rings. The first-order chi connectivity index (χ1) is 9.90. The van der Waals surface area contributed by atoms with Crippen LogP contribution in [0.15, 0.2) is 35.3 Å². The van der Waals surface area contributed by atoms with Crippen molar-refractivity contribution in [3.63, 3.8) is 0 Å². The Labute approximate surface area is 134 Å². The van der Waals surface area contributed by atoms with Crippen molar-refractivity contribution < 1.29 is 9.90 Å². The largest absolute Gasteiger partial charge is 0.504 e. The van der Waals surface area contributed by atoms with Gasteiger partial charge in [0.1, 0.15) is 12.2 Å². The van der Waals surface area contributed by atoms with Gasteiger partial charge in [0.05, 0.1) is 15.1 Å². The third-order valence-electron chi connectivity index (χ3n) is 2.62. The Balaban J connectivity index is 2.25. The Morgan fingerprint density at radius 2 is 1.95 bits per heavy atom. The van der Waals surface area contributed by atoms with Crippen LogP contribution in [-0.4, -0.2) is 15.6 Å². The van der Waals surface area contributed by atoms with Gasteiger partial charge in [-0.05, 0) is 12.1 Å². The Hall–Kier alpha value is -1.69. The Kier molecular flexibility index (Phi) is 4.77. The van der Waals surface area contributed by atoms with Crippen molar-refractivity contribution >= 4 is 46.4 Å². The highest BCUT2D eigenvalue weighted by atomic mass is 35.5. The molecule has 0 radical (unpaired) electrons. The van der Waals surface area contributed by atoms with Crippen molar-refractivity contribution in [2.24, 2.45) is 0 Å². The molecule has 21 heavy (non-hydrogen) atoms. The third kappa shape index (κ3) is 3.50. The lowest BCUT2D eigenvalue weighted by Gasteiger charge is -2.12. The lowest BCUT2D eigenvalue weighted by molar-refractivity contribution is -0.116. The van der Waals surface area contributed by atoms with Crippen molar-refractivity contribution in [3.05, 3.63) is 55.9 Å². The van der Waals surface area contributed by atoms with Gasteiger partial charge >= 0.3 is 0 Å². The fraction of sp³-hybridized carbons (Fsp3) is 0.0769. The predicted octanol–water partition coefficient (Wildman–Crippen LogP) is 3.15. The standard InChI is InChI=1S/C13H9Cl3N2O3/c14-7-5-8(15)13(21)12(11(7)16)17-9(19)6-18-4-2-1-3-10(18)20/h1-5,21H,6H2,(H,17,19). The minimum atomic E-state index is -0.557. The predicted molar refractivity (Wildman–Crippen MR) is 82.5 cm³/mol. The van der Waals surface area contributed by atoms with Crippen molar-refractivity contribution in [3.8, 4) is 5.75 Å². The molecular formula is C13H9Cl3N2O3. The molecule has 0 spiro atoms. The average Bonchev–Trinajstić information content (AvgIpc) is 2.44. The number of aromatic nitrogens is 1. The molecule has 0 atom stereocenters. The van der Waals surface area contributed by atoms with E-state index in [1.807, 2.05) is 0 Å². The van der Waals surface area contributed by atoms with Gasteiger partial charge in [0.15, 0.2) is 5.75 Å². The normalized spacial score (nSPS) is 10.4. The van der Waals surface area contributed by atoms with E-state index in [0.29, 0.717) is 0 Å². The number of anilines is 1. The van der Waals surface area contributed by atoms with E-state index in [-0.39, 0.29) is 38.6 Å². The van der Waals surface area contributed by atoms with Crippen LogP contribution in [0.1, 0.15) is 0 Å². The molecule has 0 bridgehead atoms. The van der Waals surface area contributed by atoms with E-state index in [1.165, 1.54) is 22.9 Å². The quantitative estimate of drug-likeness (QED) is 0.662. The molecule has 8 heteroatoms. The average molecular weight is 348 g/mol. The minimum absolute atomic E-state index is 0.0349. The van der Waals surface area contributed by atoms with E-state index in [2.05, 4.69) is 5.32 Å². The molecule has 0 saturated carbocycles. The first kappa shape index (κ1) is 15.7.